The average molecular weight is 345 g/mol. The molecule has 0 aliphatic rings. The highest BCUT2D eigenvalue weighted by atomic mass is 16.5. The summed E-state index contributed by atoms with van der Waals surface area (Å²) in [6.07, 6.45) is 0.0392. The molecule has 0 bridgehead atoms. The van der Waals surface area contributed by atoms with E-state index in [0.29, 0.717) is 11.3 Å². The van der Waals surface area contributed by atoms with Gasteiger partial charge in [0.05, 0.1) is 12.5 Å². The predicted molar refractivity (Wildman–Crippen MR) is 99.8 cm³/mol. The molecule has 0 fully saturated rings. The summed E-state index contributed by atoms with van der Waals surface area (Å²) in [5.74, 6) is -0.149. The molecule has 3 aromatic rings. The van der Waals surface area contributed by atoms with Crippen LogP contribution in [0.2, 0.25) is 0 Å². The van der Waals surface area contributed by atoms with E-state index in [1.165, 1.54) is 0 Å². The smallest absolute Gasteiger partial charge is 0.313 e. The maximum atomic E-state index is 12.5. The molecule has 4 heteroatoms. The highest BCUT2D eigenvalue weighted by Crippen LogP contribution is 2.19. The molecule has 0 aliphatic heterocycles. The normalized spacial score (nSPS) is 11.4. The lowest BCUT2D eigenvalue weighted by Crippen LogP contribution is -2.31. The number of hydrogen-bond acceptors (Lipinski definition) is 3. The number of hydrogen-bond donors (Lipinski definition) is 1. The Morgan fingerprint density at radius 2 is 1.31 bits per heavy atom. The van der Waals surface area contributed by atoms with Gasteiger partial charge in [-0.05, 0) is 29.8 Å². The fraction of sp³-hybridized carbons (Fsp3) is 0.0909. The molecule has 26 heavy (non-hydrogen) atoms. The minimum Gasteiger partial charge on any atom is -0.426 e. The van der Waals surface area contributed by atoms with E-state index in [1.54, 1.807) is 48.5 Å². The van der Waals surface area contributed by atoms with Crippen molar-refractivity contribution >= 4 is 11.9 Å². The highest BCUT2D eigenvalue weighted by molar-refractivity contribution is 5.94. The van der Waals surface area contributed by atoms with E-state index in [0.717, 1.165) is 5.56 Å². The summed E-state index contributed by atoms with van der Waals surface area (Å²) in [4.78, 5) is 24.8. The molecule has 130 valence electrons. The summed E-state index contributed by atoms with van der Waals surface area (Å²) in [6.45, 7) is 0. The van der Waals surface area contributed by atoms with Crippen LogP contribution in [-0.2, 0) is 4.79 Å². The number of carbonyl (C=O) groups is 2. The molecule has 0 saturated heterocycles. The standard InChI is InChI=1S/C22H19NO3/c24-21(26-19-14-8-3-9-15-19)16-20(17-10-4-1-5-11-17)23-22(25)18-12-6-2-7-13-18/h1-15,20H,16H2,(H,23,25)/t20-/m1/s1. The first-order valence-corrected chi connectivity index (χ1v) is 8.39. The minimum absolute atomic E-state index is 0.0392. The summed E-state index contributed by atoms with van der Waals surface area (Å²) in [7, 11) is 0. The first-order chi connectivity index (χ1) is 12.7. The van der Waals surface area contributed by atoms with Crippen LogP contribution < -0.4 is 10.1 Å². The van der Waals surface area contributed by atoms with Gasteiger partial charge in [-0.3, -0.25) is 9.59 Å². The third-order valence-electron chi connectivity index (χ3n) is 3.89. The second kappa shape index (κ2) is 8.62. The van der Waals surface area contributed by atoms with Gasteiger partial charge in [0.2, 0.25) is 0 Å². The Bertz CT molecular complexity index is 848. The van der Waals surface area contributed by atoms with Crippen molar-refractivity contribution in [2.24, 2.45) is 0 Å². The van der Waals surface area contributed by atoms with Crippen LogP contribution in [0.3, 0.4) is 0 Å². The summed E-state index contributed by atoms with van der Waals surface area (Å²) in [6, 6.07) is 26.7. The van der Waals surface area contributed by atoms with Crippen molar-refractivity contribution in [2.75, 3.05) is 0 Å². The van der Waals surface area contributed by atoms with E-state index in [4.69, 9.17) is 4.74 Å². The van der Waals surface area contributed by atoms with E-state index < -0.39 is 12.0 Å². The molecule has 1 atom stereocenters. The topological polar surface area (TPSA) is 55.4 Å². The van der Waals surface area contributed by atoms with Crippen molar-refractivity contribution in [1.29, 1.82) is 0 Å². The van der Waals surface area contributed by atoms with Gasteiger partial charge in [-0.2, -0.15) is 0 Å². The number of amides is 1. The molecule has 1 amide bonds. The van der Waals surface area contributed by atoms with Crippen molar-refractivity contribution in [1.82, 2.24) is 5.32 Å². The van der Waals surface area contributed by atoms with Gasteiger partial charge >= 0.3 is 5.97 Å². The second-order valence-corrected chi connectivity index (χ2v) is 5.79. The van der Waals surface area contributed by atoms with Crippen LogP contribution in [0.4, 0.5) is 0 Å². The van der Waals surface area contributed by atoms with Gasteiger partial charge < -0.3 is 10.1 Å². The summed E-state index contributed by atoms with van der Waals surface area (Å²) in [5.41, 5.74) is 1.40. The molecule has 0 aliphatic carbocycles. The first-order valence-electron chi connectivity index (χ1n) is 8.39. The van der Waals surface area contributed by atoms with Crippen molar-refractivity contribution < 1.29 is 14.3 Å². The molecule has 3 aromatic carbocycles. The lowest BCUT2D eigenvalue weighted by molar-refractivity contribution is -0.134. The van der Waals surface area contributed by atoms with Crippen molar-refractivity contribution in [3.63, 3.8) is 0 Å². The van der Waals surface area contributed by atoms with Crippen LogP contribution in [0.1, 0.15) is 28.4 Å². The SMILES string of the molecule is O=C(C[C@@H](NC(=O)c1ccccc1)c1ccccc1)Oc1ccccc1. The molecule has 0 radical (unpaired) electrons. The van der Waals surface area contributed by atoms with Crippen molar-refractivity contribution in [2.45, 2.75) is 12.5 Å². The van der Waals surface area contributed by atoms with Gasteiger partial charge in [0.15, 0.2) is 0 Å². The molecular formula is C22H19NO3. The largest absolute Gasteiger partial charge is 0.426 e. The van der Waals surface area contributed by atoms with E-state index in [1.807, 2.05) is 42.5 Å². The third kappa shape index (κ3) is 4.80. The second-order valence-electron chi connectivity index (χ2n) is 5.79. The molecule has 3 rings (SSSR count). The first kappa shape index (κ1) is 17.4. The molecular weight excluding hydrogens is 326 g/mol. The average Bonchev–Trinajstić information content (AvgIpc) is 2.69. The molecule has 0 heterocycles. The Kier molecular flexibility index (Phi) is 5.78. The van der Waals surface area contributed by atoms with E-state index in [9.17, 15) is 9.59 Å². The lowest BCUT2D eigenvalue weighted by atomic mass is 10.0. The third-order valence-corrected chi connectivity index (χ3v) is 3.89. The van der Waals surface area contributed by atoms with Gasteiger partial charge in [0.25, 0.3) is 5.91 Å². The number of benzene rings is 3. The van der Waals surface area contributed by atoms with Crippen LogP contribution in [0, 0.1) is 0 Å². The van der Waals surface area contributed by atoms with Gasteiger partial charge in [0.1, 0.15) is 5.75 Å². The zero-order chi connectivity index (χ0) is 18.2. The van der Waals surface area contributed by atoms with Crippen LogP contribution in [0.25, 0.3) is 0 Å². The van der Waals surface area contributed by atoms with Crippen LogP contribution in [0.5, 0.6) is 5.75 Å². The van der Waals surface area contributed by atoms with Crippen LogP contribution in [-0.4, -0.2) is 11.9 Å². The zero-order valence-corrected chi connectivity index (χ0v) is 14.2. The van der Waals surface area contributed by atoms with Gasteiger partial charge in [-0.25, -0.2) is 0 Å². The van der Waals surface area contributed by atoms with E-state index in [2.05, 4.69) is 5.32 Å². The molecule has 4 nitrogen and oxygen atoms in total. The monoisotopic (exact) mass is 345 g/mol. The Hall–Kier alpha value is -3.40. The number of rotatable bonds is 6. The molecule has 1 N–H and O–H groups in total. The molecule has 0 aromatic heterocycles. The fourth-order valence-electron chi connectivity index (χ4n) is 2.60. The summed E-state index contributed by atoms with van der Waals surface area (Å²) >= 11 is 0. The van der Waals surface area contributed by atoms with Crippen LogP contribution >= 0.6 is 0 Å². The van der Waals surface area contributed by atoms with Gasteiger partial charge in [0, 0.05) is 5.56 Å². The minimum atomic E-state index is -0.472. The maximum absolute atomic E-state index is 12.5. The summed E-state index contributed by atoms with van der Waals surface area (Å²) in [5, 5.41) is 2.93. The van der Waals surface area contributed by atoms with Gasteiger partial charge in [-0.15, -0.1) is 0 Å². The quantitative estimate of drug-likeness (QED) is 0.539. The Morgan fingerprint density at radius 3 is 1.92 bits per heavy atom. The zero-order valence-electron chi connectivity index (χ0n) is 14.2. The van der Waals surface area contributed by atoms with E-state index in [-0.39, 0.29) is 12.3 Å². The number of nitrogens with one attached hydrogen (secondary N) is 1. The van der Waals surface area contributed by atoms with E-state index >= 15 is 0 Å². The molecule has 0 spiro atoms. The Morgan fingerprint density at radius 1 is 0.769 bits per heavy atom. The molecule has 0 saturated carbocycles. The fourth-order valence-corrected chi connectivity index (χ4v) is 2.60. The Balaban J connectivity index is 1.73. The number of ether oxygens (including phenoxy) is 1. The number of esters is 1. The number of para-hydroxylation sites is 1. The summed E-state index contributed by atoms with van der Waals surface area (Å²) < 4.78 is 5.36. The van der Waals surface area contributed by atoms with Crippen molar-refractivity contribution in [3.8, 4) is 5.75 Å². The predicted octanol–water partition coefficient (Wildman–Crippen LogP) is 4.15. The van der Waals surface area contributed by atoms with Gasteiger partial charge in [-0.1, -0.05) is 66.7 Å². The van der Waals surface area contributed by atoms with Crippen LogP contribution in [0.15, 0.2) is 91.0 Å². The van der Waals surface area contributed by atoms with Crippen molar-refractivity contribution in [3.05, 3.63) is 102 Å². The lowest BCUT2D eigenvalue weighted by Gasteiger charge is -2.18. The maximum Gasteiger partial charge on any atom is 0.313 e. The Labute approximate surface area is 152 Å². The highest BCUT2D eigenvalue weighted by Gasteiger charge is 2.20. The number of carbonyl (C=O) groups excluding carboxylic acids is 2. The molecule has 0 unspecified atom stereocenters.